The van der Waals surface area contributed by atoms with Crippen molar-refractivity contribution in [3.8, 4) is 0 Å². The Morgan fingerprint density at radius 3 is 2.42 bits per heavy atom. The maximum Gasteiger partial charge on any atom is 0.306 e. The molecule has 0 radical (unpaired) electrons. The molecule has 6 heteroatoms. The average molecular weight is 274 g/mol. The van der Waals surface area contributed by atoms with Crippen LogP contribution in [0.25, 0.3) is 0 Å². The molecule has 0 aromatic heterocycles. The van der Waals surface area contributed by atoms with Gasteiger partial charge >= 0.3 is 11.9 Å². The van der Waals surface area contributed by atoms with Gasteiger partial charge < -0.3 is 18.9 Å². The molecular formula is C13H22O6. The van der Waals surface area contributed by atoms with Gasteiger partial charge in [-0.05, 0) is 12.3 Å². The molecule has 0 aliphatic carbocycles. The molecule has 0 unspecified atom stereocenters. The van der Waals surface area contributed by atoms with Gasteiger partial charge in [0.1, 0.15) is 12.9 Å². The molecule has 19 heavy (non-hydrogen) atoms. The van der Waals surface area contributed by atoms with Gasteiger partial charge in [-0.3, -0.25) is 9.59 Å². The highest BCUT2D eigenvalue weighted by Gasteiger charge is 2.19. The molecule has 1 fully saturated rings. The van der Waals surface area contributed by atoms with E-state index in [1.54, 1.807) is 0 Å². The molecule has 0 saturated carbocycles. The van der Waals surface area contributed by atoms with Crippen LogP contribution in [0.2, 0.25) is 0 Å². The standard InChI is InChI=1S/C13H22O6/c1-10(2)5-6-18-12(14)3-4-13(15)19-11-7-16-9-17-8-11/h10-11H,3-9H2,1-2H3. The first kappa shape index (κ1) is 15.9. The predicted molar refractivity (Wildman–Crippen MR) is 66.3 cm³/mol. The minimum absolute atomic E-state index is 0.0248. The summed E-state index contributed by atoms with van der Waals surface area (Å²) < 4.78 is 20.1. The largest absolute Gasteiger partial charge is 0.466 e. The molecule has 0 spiro atoms. The molecule has 0 amide bonds. The number of hydrogen-bond donors (Lipinski definition) is 0. The highest BCUT2D eigenvalue weighted by Crippen LogP contribution is 2.05. The second kappa shape index (κ2) is 8.87. The van der Waals surface area contributed by atoms with Crippen LogP contribution in [-0.2, 0) is 28.5 Å². The Balaban J connectivity index is 2.06. The summed E-state index contributed by atoms with van der Waals surface area (Å²) in [5.41, 5.74) is 0. The maximum atomic E-state index is 11.5. The van der Waals surface area contributed by atoms with Crippen molar-refractivity contribution in [2.75, 3.05) is 26.6 Å². The Morgan fingerprint density at radius 2 is 1.79 bits per heavy atom. The second-order valence-electron chi connectivity index (χ2n) is 4.87. The van der Waals surface area contributed by atoms with Crippen molar-refractivity contribution in [1.29, 1.82) is 0 Å². The van der Waals surface area contributed by atoms with E-state index < -0.39 is 5.97 Å². The SMILES string of the molecule is CC(C)CCOC(=O)CCC(=O)OC1COCOC1. The minimum Gasteiger partial charge on any atom is -0.466 e. The van der Waals surface area contributed by atoms with Crippen molar-refractivity contribution >= 4 is 11.9 Å². The van der Waals surface area contributed by atoms with Crippen molar-refractivity contribution < 1.29 is 28.5 Å². The number of carbonyl (C=O) groups is 2. The fourth-order valence-electron chi connectivity index (χ4n) is 1.46. The van der Waals surface area contributed by atoms with Crippen LogP contribution in [0, 0.1) is 5.92 Å². The highest BCUT2D eigenvalue weighted by atomic mass is 16.7. The molecule has 0 N–H and O–H groups in total. The molecule has 0 aromatic rings. The van der Waals surface area contributed by atoms with Crippen LogP contribution in [0.15, 0.2) is 0 Å². The lowest BCUT2D eigenvalue weighted by Gasteiger charge is -2.22. The van der Waals surface area contributed by atoms with E-state index in [0.717, 1.165) is 6.42 Å². The normalized spacial score (nSPS) is 16.4. The second-order valence-corrected chi connectivity index (χ2v) is 4.87. The lowest BCUT2D eigenvalue weighted by atomic mass is 10.1. The molecular weight excluding hydrogens is 252 g/mol. The van der Waals surface area contributed by atoms with Crippen LogP contribution in [0.4, 0.5) is 0 Å². The predicted octanol–water partition coefficient (Wildman–Crippen LogP) is 1.27. The molecule has 1 aliphatic heterocycles. The topological polar surface area (TPSA) is 71.1 Å². The van der Waals surface area contributed by atoms with Crippen LogP contribution in [0.5, 0.6) is 0 Å². The number of hydrogen-bond acceptors (Lipinski definition) is 6. The van der Waals surface area contributed by atoms with E-state index in [1.807, 2.05) is 0 Å². The molecule has 1 aliphatic rings. The molecule has 6 nitrogen and oxygen atoms in total. The number of carbonyl (C=O) groups excluding carboxylic acids is 2. The van der Waals surface area contributed by atoms with E-state index in [9.17, 15) is 9.59 Å². The van der Waals surface area contributed by atoms with Crippen LogP contribution in [0.3, 0.4) is 0 Å². The third kappa shape index (κ3) is 7.79. The fourth-order valence-corrected chi connectivity index (χ4v) is 1.46. The summed E-state index contributed by atoms with van der Waals surface area (Å²) in [7, 11) is 0. The summed E-state index contributed by atoms with van der Waals surface area (Å²) in [5.74, 6) is -0.308. The Hall–Kier alpha value is -1.14. The molecule has 1 rings (SSSR count). The van der Waals surface area contributed by atoms with Crippen molar-refractivity contribution in [3.63, 3.8) is 0 Å². The van der Waals surface area contributed by atoms with Gasteiger partial charge in [0, 0.05) is 0 Å². The quantitative estimate of drug-likeness (QED) is 0.651. The molecule has 0 atom stereocenters. The van der Waals surface area contributed by atoms with Crippen molar-refractivity contribution in [2.24, 2.45) is 5.92 Å². The van der Waals surface area contributed by atoms with Gasteiger partial charge in [-0.2, -0.15) is 0 Å². The first-order chi connectivity index (χ1) is 9.08. The van der Waals surface area contributed by atoms with Crippen LogP contribution >= 0.6 is 0 Å². The van der Waals surface area contributed by atoms with Gasteiger partial charge in [-0.1, -0.05) is 13.8 Å². The molecule has 0 bridgehead atoms. The zero-order valence-corrected chi connectivity index (χ0v) is 11.6. The summed E-state index contributed by atoms with van der Waals surface area (Å²) in [5, 5.41) is 0. The zero-order chi connectivity index (χ0) is 14.1. The fraction of sp³-hybridized carbons (Fsp3) is 0.846. The van der Waals surface area contributed by atoms with E-state index in [4.69, 9.17) is 18.9 Å². The summed E-state index contributed by atoms with van der Waals surface area (Å²) in [6, 6.07) is 0. The highest BCUT2D eigenvalue weighted by molar-refractivity contribution is 5.77. The van der Waals surface area contributed by atoms with Crippen molar-refractivity contribution in [1.82, 2.24) is 0 Å². The van der Waals surface area contributed by atoms with E-state index >= 15 is 0 Å². The van der Waals surface area contributed by atoms with Crippen LogP contribution in [-0.4, -0.2) is 44.7 Å². The third-order valence-corrected chi connectivity index (χ3v) is 2.56. The summed E-state index contributed by atoms with van der Waals surface area (Å²) in [6.45, 7) is 5.42. The smallest absolute Gasteiger partial charge is 0.306 e. The number of ether oxygens (including phenoxy) is 4. The Morgan fingerprint density at radius 1 is 1.16 bits per heavy atom. The summed E-state index contributed by atoms with van der Waals surface area (Å²) >= 11 is 0. The van der Waals surface area contributed by atoms with Crippen LogP contribution < -0.4 is 0 Å². The monoisotopic (exact) mass is 274 g/mol. The van der Waals surface area contributed by atoms with E-state index in [0.29, 0.717) is 25.7 Å². The zero-order valence-electron chi connectivity index (χ0n) is 11.6. The summed E-state index contributed by atoms with van der Waals surface area (Å²) in [6.07, 6.45) is 0.521. The number of rotatable bonds is 7. The summed E-state index contributed by atoms with van der Waals surface area (Å²) in [4.78, 5) is 22.8. The van der Waals surface area contributed by atoms with Gasteiger partial charge in [0.05, 0.1) is 32.7 Å². The lowest BCUT2D eigenvalue weighted by molar-refractivity contribution is -0.183. The maximum absolute atomic E-state index is 11.5. The Bertz CT molecular complexity index is 283. The van der Waals surface area contributed by atoms with Gasteiger partial charge in [0.25, 0.3) is 0 Å². The van der Waals surface area contributed by atoms with E-state index in [2.05, 4.69) is 13.8 Å². The first-order valence-electron chi connectivity index (χ1n) is 6.58. The van der Waals surface area contributed by atoms with Gasteiger partial charge in [0.15, 0.2) is 0 Å². The molecule has 0 aromatic carbocycles. The minimum atomic E-state index is -0.431. The van der Waals surface area contributed by atoms with Gasteiger partial charge in [-0.15, -0.1) is 0 Å². The first-order valence-corrected chi connectivity index (χ1v) is 6.58. The van der Waals surface area contributed by atoms with Crippen molar-refractivity contribution in [3.05, 3.63) is 0 Å². The number of esters is 2. The molecule has 1 heterocycles. The average Bonchev–Trinajstić information content (AvgIpc) is 2.37. The third-order valence-electron chi connectivity index (χ3n) is 2.56. The molecule has 110 valence electrons. The lowest BCUT2D eigenvalue weighted by Crippen LogP contribution is -2.33. The van der Waals surface area contributed by atoms with Crippen LogP contribution in [0.1, 0.15) is 33.1 Å². The van der Waals surface area contributed by atoms with Gasteiger partial charge in [-0.25, -0.2) is 0 Å². The molecule has 1 saturated heterocycles. The van der Waals surface area contributed by atoms with E-state index in [-0.39, 0.29) is 31.7 Å². The Labute approximate surface area is 113 Å². The van der Waals surface area contributed by atoms with E-state index in [1.165, 1.54) is 0 Å². The Kier molecular flexibility index (Phi) is 7.43. The van der Waals surface area contributed by atoms with Crippen molar-refractivity contribution in [2.45, 2.75) is 39.2 Å². The van der Waals surface area contributed by atoms with Gasteiger partial charge in [0.2, 0.25) is 0 Å².